The highest BCUT2D eigenvalue weighted by Gasteiger charge is 2.29. The van der Waals surface area contributed by atoms with E-state index in [1.807, 2.05) is 37.3 Å². The summed E-state index contributed by atoms with van der Waals surface area (Å²) in [6, 6.07) is 9.84. The molecular formula is C18H24N4O2. The summed E-state index contributed by atoms with van der Waals surface area (Å²) in [5, 5.41) is 11.3. The zero-order chi connectivity index (χ0) is 16.9. The molecule has 0 saturated carbocycles. The first-order valence-electron chi connectivity index (χ1n) is 8.59. The SMILES string of the molecule is CCNC(=O)C1CCN([C@H](C)c2nnc(-c3ccccc3)o2)CC1. The van der Waals surface area contributed by atoms with E-state index in [0.29, 0.717) is 18.3 Å². The third-order valence-corrected chi connectivity index (χ3v) is 4.62. The fourth-order valence-corrected chi connectivity index (χ4v) is 3.12. The first-order valence-corrected chi connectivity index (χ1v) is 8.59. The number of aromatic nitrogens is 2. The highest BCUT2D eigenvalue weighted by atomic mass is 16.4. The van der Waals surface area contributed by atoms with Crippen molar-refractivity contribution in [2.45, 2.75) is 32.7 Å². The first-order chi connectivity index (χ1) is 11.7. The lowest BCUT2D eigenvalue weighted by Crippen LogP contribution is -2.41. The van der Waals surface area contributed by atoms with Gasteiger partial charge < -0.3 is 9.73 Å². The Bertz CT molecular complexity index is 663. The molecule has 1 atom stereocenters. The maximum Gasteiger partial charge on any atom is 0.247 e. The van der Waals surface area contributed by atoms with Crippen molar-refractivity contribution in [3.05, 3.63) is 36.2 Å². The number of nitrogens with one attached hydrogen (secondary N) is 1. The minimum atomic E-state index is 0.0603. The molecule has 0 unspecified atom stereocenters. The summed E-state index contributed by atoms with van der Waals surface area (Å²) in [5.41, 5.74) is 0.929. The quantitative estimate of drug-likeness (QED) is 0.913. The van der Waals surface area contributed by atoms with Gasteiger partial charge in [0, 0.05) is 18.0 Å². The highest BCUT2D eigenvalue weighted by Crippen LogP contribution is 2.27. The average molecular weight is 328 g/mol. The number of carbonyl (C=O) groups is 1. The van der Waals surface area contributed by atoms with Crippen molar-refractivity contribution >= 4 is 5.91 Å². The molecule has 1 fully saturated rings. The zero-order valence-corrected chi connectivity index (χ0v) is 14.2. The summed E-state index contributed by atoms with van der Waals surface area (Å²) in [5.74, 6) is 1.48. The van der Waals surface area contributed by atoms with Crippen LogP contribution >= 0.6 is 0 Å². The molecule has 1 saturated heterocycles. The highest BCUT2D eigenvalue weighted by molar-refractivity contribution is 5.78. The molecule has 2 heterocycles. The second-order valence-corrected chi connectivity index (χ2v) is 6.19. The number of rotatable bonds is 5. The number of hydrogen-bond donors (Lipinski definition) is 1. The molecule has 0 spiro atoms. The molecule has 0 bridgehead atoms. The van der Waals surface area contributed by atoms with E-state index >= 15 is 0 Å². The van der Waals surface area contributed by atoms with Crippen LogP contribution < -0.4 is 5.32 Å². The van der Waals surface area contributed by atoms with E-state index in [4.69, 9.17) is 4.42 Å². The molecule has 0 radical (unpaired) electrons. The number of amides is 1. The van der Waals surface area contributed by atoms with Gasteiger partial charge >= 0.3 is 0 Å². The van der Waals surface area contributed by atoms with E-state index in [9.17, 15) is 4.79 Å². The summed E-state index contributed by atoms with van der Waals surface area (Å²) in [7, 11) is 0. The molecule has 1 aliphatic rings. The van der Waals surface area contributed by atoms with Gasteiger partial charge in [0.2, 0.25) is 17.7 Å². The fraction of sp³-hybridized carbons (Fsp3) is 0.500. The van der Waals surface area contributed by atoms with Crippen molar-refractivity contribution in [1.29, 1.82) is 0 Å². The van der Waals surface area contributed by atoms with Crippen molar-refractivity contribution < 1.29 is 9.21 Å². The fourth-order valence-electron chi connectivity index (χ4n) is 3.12. The van der Waals surface area contributed by atoms with Crippen LogP contribution in [0.15, 0.2) is 34.7 Å². The Labute approximate surface area is 142 Å². The summed E-state index contributed by atoms with van der Waals surface area (Å²) in [4.78, 5) is 14.2. The van der Waals surface area contributed by atoms with Gasteiger partial charge in [0.05, 0.1) is 6.04 Å². The Morgan fingerprint density at radius 1 is 1.29 bits per heavy atom. The van der Waals surface area contributed by atoms with Gasteiger partial charge in [-0.05, 0) is 51.9 Å². The van der Waals surface area contributed by atoms with Gasteiger partial charge in [0.25, 0.3) is 0 Å². The summed E-state index contributed by atoms with van der Waals surface area (Å²) < 4.78 is 5.85. The number of benzene rings is 1. The Morgan fingerprint density at radius 2 is 2.00 bits per heavy atom. The first kappa shape index (κ1) is 16.6. The molecule has 1 aromatic heterocycles. The summed E-state index contributed by atoms with van der Waals surface area (Å²) >= 11 is 0. The number of likely N-dealkylation sites (tertiary alicyclic amines) is 1. The van der Waals surface area contributed by atoms with Gasteiger partial charge in [-0.25, -0.2) is 0 Å². The lowest BCUT2D eigenvalue weighted by Gasteiger charge is -2.33. The maximum absolute atomic E-state index is 11.9. The van der Waals surface area contributed by atoms with Gasteiger partial charge in [-0.1, -0.05) is 18.2 Å². The van der Waals surface area contributed by atoms with Crippen molar-refractivity contribution in [2.24, 2.45) is 5.92 Å². The summed E-state index contributed by atoms with van der Waals surface area (Å²) in [6.07, 6.45) is 1.74. The standard InChI is InChI=1S/C18H24N4O2/c1-3-19-16(23)14-9-11-22(12-10-14)13(2)17-20-21-18(24-17)15-7-5-4-6-8-15/h4-8,13-14H,3,9-12H2,1-2H3,(H,19,23)/t13-/m1/s1. The van der Waals surface area contributed by atoms with Gasteiger partial charge in [0.1, 0.15) is 0 Å². The average Bonchev–Trinajstić information content (AvgIpc) is 3.12. The van der Waals surface area contributed by atoms with Crippen molar-refractivity contribution in [3.63, 3.8) is 0 Å². The second-order valence-electron chi connectivity index (χ2n) is 6.19. The van der Waals surface area contributed by atoms with E-state index in [1.54, 1.807) is 0 Å². The monoisotopic (exact) mass is 328 g/mol. The molecule has 1 aliphatic heterocycles. The molecule has 6 heteroatoms. The van der Waals surface area contributed by atoms with Crippen molar-refractivity contribution in [3.8, 4) is 11.5 Å². The molecule has 1 amide bonds. The van der Waals surface area contributed by atoms with Crippen LogP contribution in [-0.2, 0) is 4.79 Å². The lowest BCUT2D eigenvalue weighted by molar-refractivity contribution is -0.126. The van der Waals surface area contributed by atoms with Crippen LogP contribution in [0.3, 0.4) is 0 Å². The van der Waals surface area contributed by atoms with Crippen LogP contribution in [0.2, 0.25) is 0 Å². The Morgan fingerprint density at radius 3 is 2.67 bits per heavy atom. The molecule has 0 aliphatic carbocycles. The van der Waals surface area contributed by atoms with Crippen LogP contribution in [0.1, 0.15) is 38.6 Å². The Kier molecular flexibility index (Phi) is 5.25. The van der Waals surface area contributed by atoms with Crippen molar-refractivity contribution in [1.82, 2.24) is 20.4 Å². The van der Waals surface area contributed by atoms with Crippen LogP contribution in [0, 0.1) is 5.92 Å². The zero-order valence-electron chi connectivity index (χ0n) is 14.2. The Hall–Kier alpha value is -2.21. The van der Waals surface area contributed by atoms with Crippen LogP contribution in [-0.4, -0.2) is 40.6 Å². The van der Waals surface area contributed by atoms with Gasteiger partial charge in [-0.2, -0.15) is 0 Å². The van der Waals surface area contributed by atoms with Gasteiger partial charge in [0.15, 0.2) is 0 Å². The maximum atomic E-state index is 11.9. The number of nitrogens with zero attached hydrogens (tertiary/aromatic N) is 3. The van der Waals surface area contributed by atoms with Crippen LogP contribution in [0.25, 0.3) is 11.5 Å². The smallest absolute Gasteiger partial charge is 0.247 e. The number of carbonyl (C=O) groups excluding carboxylic acids is 1. The minimum Gasteiger partial charge on any atom is -0.419 e. The van der Waals surface area contributed by atoms with Crippen LogP contribution in [0.4, 0.5) is 0 Å². The molecule has 1 N–H and O–H groups in total. The van der Waals surface area contributed by atoms with Crippen LogP contribution in [0.5, 0.6) is 0 Å². The normalized spacial score (nSPS) is 17.6. The second kappa shape index (κ2) is 7.57. The third kappa shape index (κ3) is 3.64. The number of piperidine rings is 1. The molecule has 6 nitrogen and oxygen atoms in total. The minimum absolute atomic E-state index is 0.0603. The molecular weight excluding hydrogens is 304 g/mol. The molecule has 3 rings (SSSR count). The van der Waals surface area contributed by atoms with E-state index in [1.165, 1.54) is 0 Å². The van der Waals surface area contributed by atoms with E-state index in [-0.39, 0.29) is 17.9 Å². The van der Waals surface area contributed by atoms with Gasteiger partial charge in [-0.3, -0.25) is 9.69 Å². The lowest BCUT2D eigenvalue weighted by atomic mass is 9.95. The summed E-state index contributed by atoms with van der Waals surface area (Å²) in [6.45, 7) is 6.46. The molecule has 2 aromatic rings. The topological polar surface area (TPSA) is 71.3 Å². The van der Waals surface area contributed by atoms with Gasteiger partial charge in [-0.15, -0.1) is 10.2 Å². The van der Waals surface area contributed by atoms with Crippen molar-refractivity contribution in [2.75, 3.05) is 19.6 Å². The number of hydrogen-bond acceptors (Lipinski definition) is 5. The van der Waals surface area contributed by atoms with E-state index < -0.39 is 0 Å². The molecule has 1 aromatic carbocycles. The largest absolute Gasteiger partial charge is 0.419 e. The van der Waals surface area contributed by atoms with E-state index in [2.05, 4.69) is 27.3 Å². The Balaban J connectivity index is 1.61. The third-order valence-electron chi connectivity index (χ3n) is 4.62. The molecule has 24 heavy (non-hydrogen) atoms. The van der Waals surface area contributed by atoms with E-state index in [0.717, 1.165) is 31.5 Å². The predicted molar refractivity (Wildman–Crippen MR) is 91.1 cm³/mol. The predicted octanol–water partition coefficient (Wildman–Crippen LogP) is 2.65. The molecule has 128 valence electrons.